The second-order valence-electron chi connectivity index (χ2n) is 3.61. The number of ether oxygens (including phenoxy) is 1. The maximum atomic E-state index is 5.83. The summed E-state index contributed by atoms with van der Waals surface area (Å²) in [6, 6.07) is 7.93. The molecule has 1 unspecified atom stereocenters. The first-order chi connectivity index (χ1) is 8.36. The molecule has 1 aliphatic rings. The highest BCUT2D eigenvalue weighted by Crippen LogP contribution is 2.39. The summed E-state index contributed by atoms with van der Waals surface area (Å²) in [4.78, 5) is 5.33. The Bertz CT molecular complexity index is 529. The molecule has 2 heterocycles. The second-order valence-corrected chi connectivity index (χ2v) is 4.68. The van der Waals surface area contributed by atoms with Crippen LogP contribution in [0.4, 0.5) is 0 Å². The van der Waals surface area contributed by atoms with Gasteiger partial charge >= 0.3 is 0 Å². The number of nitrogens with zero attached hydrogens (tertiary/aromatic N) is 2. The molecule has 88 valence electrons. The molecule has 3 rings (SSSR count). The fraction of sp³-hybridized carbons (Fsp3) is 0.273. The molecule has 6 heteroatoms. The average Bonchev–Trinajstić information content (AvgIpc) is 2.87. The van der Waals surface area contributed by atoms with Gasteiger partial charge in [0.2, 0.25) is 11.7 Å². The summed E-state index contributed by atoms with van der Waals surface area (Å²) in [5.41, 5.74) is 5.43. The first-order valence-electron chi connectivity index (χ1n) is 5.28. The van der Waals surface area contributed by atoms with Gasteiger partial charge in [-0.05, 0) is 12.1 Å². The quantitative estimate of drug-likeness (QED) is 0.874. The van der Waals surface area contributed by atoms with Crippen molar-refractivity contribution in [2.24, 2.45) is 5.73 Å². The molecule has 1 aliphatic heterocycles. The fourth-order valence-electron chi connectivity index (χ4n) is 1.63. The van der Waals surface area contributed by atoms with E-state index < -0.39 is 0 Å². The minimum atomic E-state index is -0.168. The zero-order valence-corrected chi connectivity index (χ0v) is 9.81. The summed E-state index contributed by atoms with van der Waals surface area (Å²) in [6.07, 6.45) is -0.168. The van der Waals surface area contributed by atoms with Crippen LogP contribution in [0.5, 0.6) is 5.75 Å². The van der Waals surface area contributed by atoms with E-state index >= 15 is 0 Å². The number of benzene rings is 1. The number of fused-ring (bicyclic) bond motifs is 1. The van der Waals surface area contributed by atoms with Gasteiger partial charge in [-0.1, -0.05) is 17.3 Å². The van der Waals surface area contributed by atoms with Crippen molar-refractivity contribution in [3.63, 3.8) is 0 Å². The average molecular weight is 249 g/mol. The van der Waals surface area contributed by atoms with Gasteiger partial charge in [0.1, 0.15) is 5.75 Å². The minimum Gasteiger partial charge on any atom is -0.480 e. The lowest BCUT2D eigenvalue weighted by atomic mass is 10.3. The van der Waals surface area contributed by atoms with Crippen molar-refractivity contribution in [3.8, 4) is 5.75 Å². The summed E-state index contributed by atoms with van der Waals surface area (Å²) < 4.78 is 10.8. The molecule has 1 aromatic heterocycles. The van der Waals surface area contributed by atoms with Gasteiger partial charge in [0, 0.05) is 10.6 Å². The Balaban J connectivity index is 1.84. The first kappa shape index (κ1) is 10.6. The normalized spacial score (nSPS) is 18.5. The molecule has 0 bridgehead atoms. The van der Waals surface area contributed by atoms with Crippen molar-refractivity contribution >= 4 is 11.8 Å². The van der Waals surface area contributed by atoms with Gasteiger partial charge in [-0.15, -0.1) is 11.8 Å². The van der Waals surface area contributed by atoms with Gasteiger partial charge < -0.3 is 15.0 Å². The molecule has 0 radical (unpaired) electrons. The highest BCUT2D eigenvalue weighted by molar-refractivity contribution is 7.99. The van der Waals surface area contributed by atoms with Crippen LogP contribution in [0.15, 0.2) is 33.7 Å². The number of nitrogens with two attached hydrogens (primary N) is 1. The van der Waals surface area contributed by atoms with Crippen LogP contribution in [-0.4, -0.2) is 15.9 Å². The molecule has 0 amide bonds. The van der Waals surface area contributed by atoms with Crippen LogP contribution in [-0.2, 0) is 6.54 Å². The number of thioether (sulfide) groups is 1. The maximum Gasteiger partial charge on any atom is 0.240 e. The van der Waals surface area contributed by atoms with Crippen LogP contribution in [0.25, 0.3) is 0 Å². The molecule has 17 heavy (non-hydrogen) atoms. The molecule has 1 atom stereocenters. The zero-order chi connectivity index (χ0) is 11.7. The lowest BCUT2D eigenvalue weighted by Gasteiger charge is -2.22. The maximum absolute atomic E-state index is 5.83. The molecule has 0 aliphatic carbocycles. The Hall–Kier alpha value is -1.53. The lowest BCUT2D eigenvalue weighted by Crippen LogP contribution is -2.16. The molecule has 0 saturated carbocycles. The van der Waals surface area contributed by atoms with Crippen LogP contribution in [0.3, 0.4) is 0 Å². The highest BCUT2D eigenvalue weighted by Gasteiger charge is 2.25. The van der Waals surface area contributed by atoms with Crippen LogP contribution < -0.4 is 10.5 Å². The van der Waals surface area contributed by atoms with E-state index in [9.17, 15) is 0 Å². The second kappa shape index (κ2) is 4.38. The SMILES string of the molecule is NCc1nc(C2CSc3ccccc3O2)no1. The van der Waals surface area contributed by atoms with E-state index in [0.29, 0.717) is 11.7 Å². The van der Waals surface area contributed by atoms with Crippen LogP contribution in [0, 0.1) is 0 Å². The number of para-hydroxylation sites is 1. The van der Waals surface area contributed by atoms with Gasteiger partial charge in [-0.3, -0.25) is 0 Å². The molecule has 0 saturated heterocycles. The molecule has 5 nitrogen and oxygen atoms in total. The summed E-state index contributed by atoms with van der Waals surface area (Å²) in [5.74, 6) is 2.65. The third-order valence-electron chi connectivity index (χ3n) is 2.45. The van der Waals surface area contributed by atoms with Crippen molar-refractivity contribution in [1.82, 2.24) is 10.1 Å². The Labute approximate surface area is 102 Å². The van der Waals surface area contributed by atoms with Crippen molar-refractivity contribution in [1.29, 1.82) is 0 Å². The Morgan fingerprint density at radius 1 is 1.41 bits per heavy atom. The van der Waals surface area contributed by atoms with Crippen molar-refractivity contribution in [3.05, 3.63) is 36.0 Å². The summed E-state index contributed by atoms with van der Waals surface area (Å²) in [6.45, 7) is 0.253. The Kier molecular flexibility index (Phi) is 2.74. The monoisotopic (exact) mass is 249 g/mol. The first-order valence-corrected chi connectivity index (χ1v) is 6.26. The van der Waals surface area contributed by atoms with Crippen LogP contribution in [0.1, 0.15) is 17.8 Å². The van der Waals surface area contributed by atoms with E-state index in [1.165, 1.54) is 0 Å². The van der Waals surface area contributed by atoms with Gasteiger partial charge in [0.25, 0.3) is 0 Å². The fourth-order valence-corrected chi connectivity index (χ4v) is 2.61. The third kappa shape index (κ3) is 2.01. The molecular formula is C11H11N3O2S. The Morgan fingerprint density at radius 3 is 3.12 bits per heavy atom. The summed E-state index contributed by atoms with van der Waals surface area (Å²) >= 11 is 1.73. The summed E-state index contributed by atoms with van der Waals surface area (Å²) in [5, 5.41) is 3.88. The van der Waals surface area contributed by atoms with E-state index in [2.05, 4.69) is 10.1 Å². The van der Waals surface area contributed by atoms with Crippen molar-refractivity contribution in [2.45, 2.75) is 17.5 Å². The van der Waals surface area contributed by atoms with E-state index in [1.54, 1.807) is 11.8 Å². The third-order valence-corrected chi connectivity index (χ3v) is 3.57. The van der Waals surface area contributed by atoms with Gasteiger partial charge in [-0.2, -0.15) is 4.98 Å². The van der Waals surface area contributed by atoms with Crippen molar-refractivity contribution < 1.29 is 9.26 Å². The largest absolute Gasteiger partial charge is 0.480 e. The smallest absolute Gasteiger partial charge is 0.240 e. The predicted octanol–water partition coefficient (Wildman–Crippen LogP) is 1.75. The topological polar surface area (TPSA) is 74.2 Å². The predicted molar refractivity (Wildman–Crippen MR) is 62.7 cm³/mol. The molecule has 0 spiro atoms. The van der Waals surface area contributed by atoms with Gasteiger partial charge in [-0.25, -0.2) is 0 Å². The number of rotatable bonds is 2. The number of aromatic nitrogens is 2. The molecule has 2 N–H and O–H groups in total. The molecular weight excluding hydrogens is 238 g/mol. The molecule has 2 aromatic rings. The van der Waals surface area contributed by atoms with Crippen LogP contribution >= 0.6 is 11.8 Å². The molecule has 0 fully saturated rings. The zero-order valence-electron chi connectivity index (χ0n) is 9.00. The van der Waals surface area contributed by atoms with Crippen LogP contribution in [0.2, 0.25) is 0 Å². The van der Waals surface area contributed by atoms with E-state index in [1.807, 2.05) is 24.3 Å². The van der Waals surface area contributed by atoms with Crippen molar-refractivity contribution in [2.75, 3.05) is 5.75 Å². The number of hydrogen-bond acceptors (Lipinski definition) is 6. The Morgan fingerprint density at radius 2 is 2.29 bits per heavy atom. The molecule has 1 aromatic carbocycles. The highest BCUT2D eigenvalue weighted by atomic mass is 32.2. The van der Waals surface area contributed by atoms with Gasteiger partial charge in [0.15, 0.2) is 6.10 Å². The lowest BCUT2D eigenvalue weighted by molar-refractivity contribution is 0.205. The summed E-state index contributed by atoms with van der Waals surface area (Å²) in [7, 11) is 0. The minimum absolute atomic E-state index is 0.168. The van der Waals surface area contributed by atoms with E-state index in [-0.39, 0.29) is 12.6 Å². The standard InChI is InChI=1S/C11H11N3O2S/c12-5-10-13-11(14-16-10)8-6-17-9-4-2-1-3-7(9)15-8/h1-4,8H,5-6,12H2. The van der Waals surface area contributed by atoms with Gasteiger partial charge in [0.05, 0.1) is 6.54 Å². The van der Waals surface area contributed by atoms with E-state index in [4.69, 9.17) is 15.0 Å². The van der Waals surface area contributed by atoms with E-state index in [0.717, 1.165) is 16.4 Å². The number of hydrogen-bond donors (Lipinski definition) is 1.